The van der Waals surface area contributed by atoms with Crippen molar-refractivity contribution in [2.45, 2.75) is 32.4 Å². The van der Waals surface area contributed by atoms with E-state index in [0.29, 0.717) is 12.1 Å². The lowest BCUT2D eigenvalue weighted by Crippen LogP contribution is -2.34. The average molecular weight is 286 g/mol. The number of benzene rings is 1. The molecular formula is C13H20BrNO. The van der Waals surface area contributed by atoms with Gasteiger partial charge in [0.2, 0.25) is 0 Å². The molecule has 1 rings (SSSR count). The summed E-state index contributed by atoms with van der Waals surface area (Å²) in [7, 11) is 1.74. The van der Waals surface area contributed by atoms with Gasteiger partial charge in [0.05, 0.1) is 6.61 Å². The molecule has 0 aromatic heterocycles. The van der Waals surface area contributed by atoms with E-state index >= 15 is 0 Å². The third-order valence-electron chi connectivity index (χ3n) is 2.72. The molecule has 1 unspecified atom stereocenters. The summed E-state index contributed by atoms with van der Waals surface area (Å²) in [5, 5.41) is 3.57. The topological polar surface area (TPSA) is 21.3 Å². The predicted octanol–water partition coefficient (Wildman–Crippen LogP) is 3.52. The smallest absolute Gasteiger partial charge is 0.0615 e. The summed E-state index contributed by atoms with van der Waals surface area (Å²) in [6.45, 7) is 5.10. The Morgan fingerprint density at radius 3 is 2.62 bits per heavy atom. The molecule has 0 spiro atoms. The normalized spacial score (nSPS) is 14.8. The molecule has 0 aliphatic carbocycles. The molecule has 1 aromatic rings. The summed E-state index contributed by atoms with van der Waals surface area (Å²) in [5.74, 6) is 0. The number of nitrogens with one attached hydrogen (secondary N) is 1. The fraction of sp³-hybridized carbons (Fsp3) is 0.538. The lowest BCUT2D eigenvalue weighted by Gasteiger charge is -2.22. The quantitative estimate of drug-likeness (QED) is 0.864. The highest BCUT2D eigenvalue weighted by Gasteiger charge is 2.13. The molecule has 1 aromatic carbocycles. The van der Waals surface area contributed by atoms with Crippen LogP contribution in [0.4, 0.5) is 0 Å². The summed E-state index contributed by atoms with van der Waals surface area (Å²) in [5.41, 5.74) is 1.29. The van der Waals surface area contributed by atoms with Crippen molar-refractivity contribution in [2.75, 3.05) is 13.7 Å². The van der Waals surface area contributed by atoms with Crippen LogP contribution in [0, 0.1) is 0 Å². The van der Waals surface area contributed by atoms with Gasteiger partial charge in [-0.05, 0) is 25.0 Å². The third kappa shape index (κ3) is 3.89. The Bertz CT molecular complexity index is 317. The van der Waals surface area contributed by atoms with Crippen LogP contribution in [0.1, 0.15) is 31.9 Å². The van der Waals surface area contributed by atoms with Crippen molar-refractivity contribution in [1.82, 2.24) is 5.32 Å². The van der Waals surface area contributed by atoms with Crippen molar-refractivity contribution in [3.8, 4) is 0 Å². The van der Waals surface area contributed by atoms with Gasteiger partial charge in [-0.25, -0.2) is 0 Å². The van der Waals surface area contributed by atoms with Crippen LogP contribution < -0.4 is 5.32 Å². The van der Waals surface area contributed by atoms with Crippen molar-refractivity contribution >= 4 is 15.9 Å². The van der Waals surface area contributed by atoms with Gasteiger partial charge in [0.15, 0.2) is 0 Å². The Kier molecular flexibility index (Phi) is 6.03. The molecule has 16 heavy (non-hydrogen) atoms. The standard InChI is InChI=1S/C13H20BrNO/c1-4-11(9-16-3)15-10(2)12-7-5-6-8-13(12)14/h5-8,10-11,15H,4,9H2,1-3H3/t10-,11?/m1/s1. The van der Waals surface area contributed by atoms with E-state index in [0.717, 1.165) is 17.5 Å². The second kappa shape index (κ2) is 7.05. The Morgan fingerprint density at radius 1 is 1.38 bits per heavy atom. The van der Waals surface area contributed by atoms with E-state index < -0.39 is 0 Å². The number of hydrogen-bond acceptors (Lipinski definition) is 2. The number of hydrogen-bond donors (Lipinski definition) is 1. The van der Waals surface area contributed by atoms with Gasteiger partial charge in [-0.1, -0.05) is 41.1 Å². The van der Waals surface area contributed by atoms with Crippen LogP contribution in [0.3, 0.4) is 0 Å². The minimum atomic E-state index is 0.329. The van der Waals surface area contributed by atoms with E-state index in [-0.39, 0.29) is 0 Å². The van der Waals surface area contributed by atoms with E-state index in [4.69, 9.17) is 4.74 Å². The molecule has 0 saturated heterocycles. The second-order valence-corrected chi connectivity index (χ2v) is 4.82. The first-order valence-electron chi connectivity index (χ1n) is 5.68. The van der Waals surface area contributed by atoms with Gasteiger partial charge >= 0.3 is 0 Å². The maximum Gasteiger partial charge on any atom is 0.0615 e. The second-order valence-electron chi connectivity index (χ2n) is 3.97. The molecule has 1 N–H and O–H groups in total. The maximum absolute atomic E-state index is 5.19. The number of halogens is 1. The first-order valence-corrected chi connectivity index (χ1v) is 6.47. The van der Waals surface area contributed by atoms with E-state index in [2.05, 4.69) is 53.3 Å². The Labute approximate surface area is 107 Å². The Balaban J connectivity index is 2.64. The van der Waals surface area contributed by atoms with Crippen molar-refractivity contribution in [3.05, 3.63) is 34.3 Å². The van der Waals surface area contributed by atoms with Gasteiger partial charge in [0.25, 0.3) is 0 Å². The highest BCUT2D eigenvalue weighted by molar-refractivity contribution is 9.10. The lowest BCUT2D eigenvalue weighted by molar-refractivity contribution is 0.159. The van der Waals surface area contributed by atoms with E-state index in [1.807, 2.05) is 6.07 Å². The van der Waals surface area contributed by atoms with Gasteiger partial charge in [0.1, 0.15) is 0 Å². The number of rotatable bonds is 6. The van der Waals surface area contributed by atoms with E-state index in [1.165, 1.54) is 5.56 Å². The highest BCUT2D eigenvalue weighted by Crippen LogP contribution is 2.23. The molecule has 0 bridgehead atoms. The minimum Gasteiger partial charge on any atom is -0.383 e. The first-order chi connectivity index (χ1) is 7.69. The van der Waals surface area contributed by atoms with Gasteiger partial charge < -0.3 is 10.1 Å². The van der Waals surface area contributed by atoms with Crippen molar-refractivity contribution in [1.29, 1.82) is 0 Å². The summed E-state index contributed by atoms with van der Waals surface area (Å²) < 4.78 is 6.34. The maximum atomic E-state index is 5.19. The molecule has 0 heterocycles. The number of ether oxygens (including phenoxy) is 1. The summed E-state index contributed by atoms with van der Waals surface area (Å²) in [6.07, 6.45) is 1.07. The zero-order chi connectivity index (χ0) is 12.0. The van der Waals surface area contributed by atoms with Gasteiger partial charge in [-0.15, -0.1) is 0 Å². The van der Waals surface area contributed by atoms with Crippen LogP contribution in [0.15, 0.2) is 28.7 Å². The summed E-state index contributed by atoms with van der Waals surface area (Å²) >= 11 is 3.58. The molecule has 3 heteroatoms. The first kappa shape index (κ1) is 13.7. The zero-order valence-electron chi connectivity index (χ0n) is 10.2. The van der Waals surface area contributed by atoms with Crippen LogP contribution >= 0.6 is 15.9 Å². The molecule has 0 saturated carbocycles. The van der Waals surface area contributed by atoms with E-state index in [1.54, 1.807) is 7.11 Å². The summed E-state index contributed by atoms with van der Waals surface area (Å²) in [4.78, 5) is 0. The van der Waals surface area contributed by atoms with Gasteiger partial charge in [-0.2, -0.15) is 0 Å². The zero-order valence-corrected chi connectivity index (χ0v) is 11.8. The van der Waals surface area contributed by atoms with Crippen molar-refractivity contribution < 1.29 is 4.74 Å². The SMILES string of the molecule is CCC(COC)N[C@H](C)c1ccccc1Br. The lowest BCUT2D eigenvalue weighted by atomic mass is 10.1. The predicted molar refractivity (Wildman–Crippen MR) is 71.6 cm³/mol. The largest absolute Gasteiger partial charge is 0.383 e. The molecule has 0 aliphatic heterocycles. The molecule has 2 nitrogen and oxygen atoms in total. The molecule has 2 atom stereocenters. The van der Waals surface area contributed by atoms with Crippen LogP contribution in [0.2, 0.25) is 0 Å². The molecular weight excluding hydrogens is 266 g/mol. The number of methoxy groups -OCH3 is 1. The van der Waals surface area contributed by atoms with Crippen LogP contribution in [-0.4, -0.2) is 19.8 Å². The average Bonchev–Trinajstić information content (AvgIpc) is 2.28. The van der Waals surface area contributed by atoms with Crippen molar-refractivity contribution in [3.63, 3.8) is 0 Å². The Morgan fingerprint density at radius 2 is 2.06 bits per heavy atom. The fourth-order valence-corrected chi connectivity index (χ4v) is 2.38. The molecule has 0 radical (unpaired) electrons. The monoisotopic (exact) mass is 285 g/mol. The molecule has 90 valence electrons. The van der Waals surface area contributed by atoms with Crippen LogP contribution in [-0.2, 0) is 4.74 Å². The fourth-order valence-electron chi connectivity index (χ4n) is 1.75. The summed E-state index contributed by atoms with van der Waals surface area (Å²) in [6, 6.07) is 9.05. The van der Waals surface area contributed by atoms with Gasteiger partial charge in [0, 0.05) is 23.7 Å². The van der Waals surface area contributed by atoms with Crippen molar-refractivity contribution in [2.24, 2.45) is 0 Å². The molecule has 0 fully saturated rings. The van der Waals surface area contributed by atoms with E-state index in [9.17, 15) is 0 Å². The molecule has 0 amide bonds. The molecule has 0 aliphatic rings. The van der Waals surface area contributed by atoms with Crippen LogP contribution in [0.25, 0.3) is 0 Å². The third-order valence-corrected chi connectivity index (χ3v) is 3.44. The highest BCUT2D eigenvalue weighted by atomic mass is 79.9. The van der Waals surface area contributed by atoms with Gasteiger partial charge in [-0.3, -0.25) is 0 Å². The van der Waals surface area contributed by atoms with Crippen LogP contribution in [0.5, 0.6) is 0 Å². The Hall–Kier alpha value is -0.380. The minimum absolute atomic E-state index is 0.329.